The molecule has 0 radical (unpaired) electrons. The summed E-state index contributed by atoms with van der Waals surface area (Å²) in [7, 11) is 0. The van der Waals surface area contributed by atoms with Gasteiger partial charge in [0.05, 0.1) is 23.6 Å². The molecule has 2 rings (SSSR count). The van der Waals surface area contributed by atoms with Gasteiger partial charge in [-0.2, -0.15) is 5.26 Å². The van der Waals surface area contributed by atoms with E-state index in [1.165, 1.54) is 6.33 Å². The molecular formula is C13H14N4O. The summed E-state index contributed by atoms with van der Waals surface area (Å²) in [6.07, 6.45) is 3.14. The van der Waals surface area contributed by atoms with Crippen LogP contribution in [-0.2, 0) is 0 Å². The Bertz CT molecular complexity index is 621. The molecule has 0 aliphatic heterocycles. The smallest absolute Gasteiger partial charge is 0.226 e. The number of aromatic nitrogens is 3. The minimum absolute atomic E-state index is 0.366. The van der Waals surface area contributed by atoms with Gasteiger partial charge in [-0.15, -0.1) is 0 Å². The van der Waals surface area contributed by atoms with Crippen molar-refractivity contribution in [1.29, 1.82) is 5.26 Å². The van der Waals surface area contributed by atoms with E-state index in [9.17, 15) is 0 Å². The van der Waals surface area contributed by atoms with Gasteiger partial charge in [0.25, 0.3) is 0 Å². The molecule has 0 spiro atoms. The average molecular weight is 242 g/mol. The largest absolute Gasteiger partial charge is 0.477 e. The van der Waals surface area contributed by atoms with E-state index >= 15 is 0 Å². The van der Waals surface area contributed by atoms with E-state index in [0.29, 0.717) is 40.6 Å². The zero-order valence-electron chi connectivity index (χ0n) is 10.4. The number of rotatable bonds is 4. The summed E-state index contributed by atoms with van der Waals surface area (Å²) in [5.41, 5.74) is 1.70. The van der Waals surface area contributed by atoms with Crippen LogP contribution in [0.1, 0.15) is 19.4 Å². The highest BCUT2D eigenvalue weighted by Gasteiger charge is 2.14. The third-order valence-electron chi connectivity index (χ3n) is 2.45. The highest BCUT2D eigenvalue weighted by Crippen LogP contribution is 2.29. The monoisotopic (exact) mass is 242 g/mol. The molecule has 5 heteroatoms. The number of nitriles is 1. The lowest BCUT2D eigenvalue weighted by molar-refractivity contribution is 0.264. The fourth-order valence-electron chi connectivity index (χ4n) is 1.59. The predicted molar refractivity (Wildman–Crippen MR) is 68.9 cm³/mol. The molecular weight excluding hydrogens is 228 g/mol. The van der Waals surface area contributed by atoms with Crippen molar-refractivity contribution < 1.29 is 4.74 Å². The van der Waals surface area contributed by atoms with E-state index in [-0.39, 0.29) is 0 Å². The fraction of sp³-hybridized carbons (Fsp3) is 0.308. The number of nitrogens with zero attached hydrogens (tertiary/aromatic N) is 3. The topological polar surface area (TPSA) is 74.6 Å². The third-order valence-corrected chi connectivity index (χ3v) is 2.45. The first-order valence-corrected chi connectivity index (χ1v) is 5.67. The zero-order valence-corrected chi connectivity index (χ0v) is 10.4. The summed E-state index contributed by atoms with van der Waals surface area (Å²) in [6.45, 7) is 8.40. The van der Waals surface area contributed by atoms with Crippen molar-refractivity contribution in [2.24, 2.45) is 5.92 Å². The van der Waals surface area contributed by atoms with Crippen molar-refractivity contribution in [3.8, 4) is 11.9 Å². The highest BCUT2D eigenvalue weighted by molar-refractivity contribution is 5.96. The molecule has 2 heterocycles. The average Bonchev–Trinajstić information content (AvgIpc) is 2.79. The molecule has 0 aromatic carbocycles. The fourth-order valence-corrected chi connectivity index (χ4v) is 1.59. The molecule has 2 aromatic rings. The Morgan fingerprint density at radius 3 is 3.00 bits per heavy atom. The van der Waals surface area contributed by atoms with Crippen LogP contribution in [0.25, 0.3) is 16.6 Å². The van der Waals surface area contributed by atoms with Gasteiger partial charge in [-0.1, -0.05) is 20.4 Å². The molecule has 0 atom stereocenters. The molecule has 0 aliphatic carbocycles. The Kier molecular flexibility index (Phi) is 3.28. The molecule has 0 fully saturated rings. The van der Waals surface area contributed by atoms with Gasteiger partial charge < -0.3 is 9.72 Å². The Labute approximate surface area is 105 Å². The number of hydrogen-bond acceptors (Lipinski definition) is 4. The minimum atomic E-state index is 0.366. The second-order valence-electron chi connectivity index (χ2n) is 4.40. The number of ether oxygens (including phenoxy) is 1. The Morgan fingerprint density at radius 2 is 2.33 bits per heavy atom. The SMILES string of the molecule is C=C(C#N)c1c[nH]c2ncnc(OCC(C)C)c12. The molecule has 92 valence electrons. The maximum atomic E-state index is 8.93. The van der Waals surface area contributed by atoms with E-state index < -0.39 is 0 Å². The van der Waals surface area contributed by atoms with E-state index in [2.05, 4.69) is 35.4 Å². The van der Waals surface area contributed by atoms with E-state index in [1.807, 2.05) is 6.07 Å². The Hall–Kier alpha value is -2.35. The van der Waals surface area contributed by atoms with Crippen LogP contribution in [0.4, 0.5) is 0 Å². The lowest BCUT2D eigenvalue weighted by Gasteiger charge is -2.08. The van der Waals surface area contributed by atoms with Crippen LogP contribution in [-0.4, -0.2) is 21.6 Å². The Morgan fingerprint density at radius 1 is 1.56 bits per heavy atom. The molecule has 0 saturated carbocycles. The maximum absolute atomic E-state index is 8.93. The predicted octanol–water partition coefficient (Wildman–Crippen LogP) is 2.53. The first kappa shape index (κ1) is 12.1. The van der Waals surface area contributed by atoms with Crippen LogP contribution >= 0.6 is 0 Å². The van der Waals surface area contributed by atoms with Crippen LogP contribution in [0.3, 0.4) is 0 Å². The van der Waals surface area contributed by atoms with Gasteiger partial charge in [0.1, 0.15) is 12.0 Å². The lowest BCUT2D eigenvalue weighted by atomic mass is 10.1. The second kappa shape index (κ2) is 4.88. The van der Waals surface area contributed by atoms with Crippen molar-refractivity contribution in [3.63, 3.8) is 0 Å². The van der Waals surface area contributed by atoms with Gasteiger partial charge in [-0.05, 0) is 5.92 Å². The molecule has 0 saturated heterocycles. The van der Waals surface area contributed by atoms with E-state index in [4.69, 9.17) is 10.00 Å². The summed E-state index contributed by atoms with van der Waals surface area (Å²) in [4.78, 5) is 11.2. The van der Waals surface area contributed by atoms with Crippen LogP contribution in [0.5, 0.6) is 5.88 Å². The van der Waals surface area contributed by atoms with Crippen molar-refractivity contribution in [2.75, 3.05) is 6.61 Å². The van der Waals surface area contributed by atoms with Gasteiger partial charge in [0.15, 0.2) is 0 Å². The maximum Gasteiger partial charge on any atom is 0.226 e. The molecule has 2 aromatic heterocycles. The standard InChI is InChI=1S/C13H14N4O/c1-8(2)6-18-13-11-10(9(3)4-14)5-15-12(11)16-7-17-13/h5,7-8H,3,6H2,1-2H3,(H,15,16,17). The van der Waals surface area contributed by atoms with Gasteiger partial charge in [-0.25, -0.2) is 9.97 Å². The summed E-state index contributed by atoms with van der Waals surface area (Å²) >= 11 is 0. The highest BCUT2D eigenvalue weighted by atomic mass is 16.5. The summed E-state index contributed by atoms with van der Waals surface area (Å²) in [6, 6.07) is 2.03. The third kappa shape index (κ3) is 2.18. The molecule has 0 unspecified atom stereocenters. The van der Waals surface area contributed by atoms with E-state index in [1.54, 1.807) is 6.20 Å². The van der Waals surface area contributed by atoms with Crippen molar-refractivity contribution in [1.82, 2.24) is 15.0 Å². The van der Waals surface area contributed by atoms with Crippen LogP contribution in [0.15, 0.2) is 19.1 Å². The first-order valence-electron chi connectivity index (χ1n) is 5.67. The number of nitrogens with one attached hydrogen (secondary N) is 1. The van der Waals surface area contributed by atoms with Crippen molar-refractivity contribution in [3.05, 3.63) is 24.7 Å². The number of H-pyrrole nitrogens is 1. The van der Waals surface area contributed by atoms with Crippen molar-refractivity contribution in [2.45, 2.75) is 13.8 Å². The summed E-state index contributed by atoms with van der Waals surface area (Å²) in [5.74, 6) is 0.887. The molecule has 0 aliphatic rings. The minimum Gasteiger partial charge on any atom is -0.477 e. The van der Waals surface area contributed by atoms with Crippen LogP contribution < -0.4 is 4.74 Å². The number of allylic oxidation sites excluding steroid dienone is 1. The van der Waals surface area contributed by atoms with Gasteiger partial charge in [-0.3, -0.25) is 0 Å². The van der Waals surface area contributed by atoms with Gasteiger partial charge in [0, 0.05) is 11.8 Å². The first-order chi connectivity index (χ1) is 8.63. The number of hydrogen-bond donors (Lipinski definition) is 1. The van der Waals surface area contributed by atoms with Gasteiger partial charge >= 0.3 is 0 Å². The van der Waals surface area contributed by atoms with E-state index in [0.717, 1.165) is 0 Å². The molecule has 0 bridgehead atoms. The normalized spacial score (nSPS) is 10.6. The van der Waals surface area contributed by atoms with Crippen LogP contribution in [0.2, 0.25) is 0 Å². The molecule has 0 amide bonds. The molecule has 1 N–H and O–H groups in total. The molecule has 18 heavy (non-hydrogen) atoms. The van der Waals surface area contributed by atoms with Crippen molar-refractivity contribution >= 4 is 16.6 Å². The lowest BCUT2D eigenvalue weighted by Crippen LogP contribution is -2.06. The summed E-state index contributed by atoms with van der Waals surface area (Å²) < 4.78 is 5.65. The second-order valence-corrected chi connectivity index (χ2v) is 4.40. The van der Waals surface area contributed by atoms with Gasteiger partial charge in [0.2, 0.25) is 5.88 Å². The van der Waals surface area contributed by atoms with Crippen LogP contribution in [0, 0.1) is 17.2 Å². The number of fused-ring (bicyclic) bond motifs is 1. The summed E-state index contributed by atoms with van der Waals surface area (Å²) in [5, 5.41) is 9.64. The quantitative estimate of drug-likeness (QED) is 0.836. The number of aromatic amines is 1. The Balaban J connectivity index is 2.49. The zero-order chi connectivity index (χ0) is 13.1. The molecule has 5 nitrogen and oxygen atoms in total.